The number of carboxylic acid groups (broad SMARTS) is 1. The van der Waals surface area contributed by atoms with Crippen LogP contribution in [0, 0.1) is 0 Å². The van der Waals surface area contributed by atoms with E-state index in [1.165, 1.54) is 18.7 Å². The number of thioether (sulfide) groups is 1. The van der Waals surface area contributed by atoms with Gasteiger partial charge in [0.15, 0.2) is 0 Å². The van der Waals surface area contributed by atoms with E-state index in [9.17, 15) is 14.7 Å². The van der Waals surface area contributed by atoms with E-state index in [0.29, 0.717) is 24.3 Å². The van der Waals surface area contributed by atoms with Gasteiger partial charge in [-0.15, -0.1) is 0 Å². The van der Waals surface area contributed by atoms with E-state index in [1.54, 1.807) is 0 Å². The van der Waals surface area contributed by atoms with Crippen molar-refractivity contribution in [1.82, 2.24) is 5.32 Å². The minimum absolute atomic E-state index is 0.339. The van der Waals surface area contributed by atoms with Gasteiger partial charge in [-0.1, -0.05) is 6.92 Å². The van der Waals surface area contributed by atoms with E-state index >= 15 is 0 Å². The van der Waals surface area contributed by atoms with Gasteiger partial charge < -0.3 is 15.5 Å². The van der Waals surface area contributed by atoms with Gasteiger partial charge in [0, 0.05) is 12.7 Å². The molecule has 0 aliphatic carbocycles. The molecule has 94 valence electrons. The summed E-state index contributed by atoms with van der Waals surface area (Å²) in [5, 5.41) is 20.4. The van der Waals surface area contributed by atoms with Crippen molar-refractivity contribution >= 4 is 23.6 Å². The van der Waals surface area contributed by atoms with Gasteiger partial charge in [0.1, 0.15) is 6.04 Å². The minimum Gasteiger partial charge on any atom is -0.480 e. The molecule has 0 heterocycles. The molecule has 0 saturated heterocycles. The molecule has 0 spiro atoms. The lowest BCUT2D eigenvalue weighted by atomic mass is 10.2. The van der Waals surface area contributed by atoms with Crippen LogP contribution >= 0.6 is 11.8 Å². The van der Waals surface area contributed by atoms with E-state index < -0.39 is 12.0 Å². The van der Waals surface area contributed by atoms with Crippen LogP contribution in [0.2, 0.25) is 0 Å². The summed E-state index contributed by atoms with van der Waals surface area (Å²) in [6, 6.07) is -0.830. The molecule has 0 bridgehead atoms. The van der Waals surface area contributed by atoms with Crippen LogP contribution in [-0.2, 0) is 9.59 Å². The predicted molar refractivity (Wildman–Crippen MR) is 63.5 cm³/mol. The summed E-state index contributed by atoms with van der Waals surface area (Å²) >= 11 is 1.49. The van der Waals surface area contributed by atoms with Gasteiger partial charge >= 0.3 is 5.97 Å². The van der Waals surface area contributed by atoms with Crippen LogP contribution in [0.4, 0.5) is 0 Å². The van der Waals surface area contributed by atoms with E-state index in [4.69, 9.17) is 5.11 Å². The summed E-state index contributed by atoms with van der Waals surface area (Å²) in [7, 11) is 0. The Hall–Kier alpha value is -0.750. The topological polar surface area (TPSA) is 86.6 Å². The summed E-state index contributed by atoms with van der Waals surface area (Å²) in [4.78, 5) is 21.5. The number of nitrogens with one attached hydrogen (secondary N) is 1. The summed E-state index contributed by atoms with van der Waals surface area (Å²) in [6.45, 7) is 3.19. The minimum atomic E-state index is -1.02. The third-order valence-electron chi connectivity index (χ3n) is 2.01. The Morgan fingerprint density at radius 3 is 2.50 bits per heavy atom. The average molecular weight is 249 g/mol. The first-order chi connectivity index (χ1) is 7.47. The molecule has 0 aliphatic heterocycles. The van der Waals surface area contributed by atoms with E-state index in [1.807, 2.05) is 6.92 Å². The zero-order valence-electron chi connectivity index (χ0n) is 9.60. The molecular weight excluding hydrogens is 230 g/mol. The molecule has 0 fully saturated rings. The second-order valence-electron chi connectivity index (χ2n) is 3.52. The molecule has 1 amide bonds. The lowest BCUT2D eigenvalue weighted by Gasteiger charge is -2.13. The molecule has 0 radical (unpaired) electrons. The van der Waals surface area contributed by atoms with E-state index in [-0.39, 0.29) is 12.0 Å². The van der Waals surface area contributed by atoms with Crippen molar-refractivity contribution in [1.29, 1.82) is 0 Å². The molecule has 5 nitrogen and oxygen atoms in total. The standard InChI is InChI=1S/C10H19NO4S/c1-3-8(13)6-16-5-4-9(10(14)15)11-7(2)12/h8-9,13H,3-6H2,1-2H3,(H,11,12)(H,14,15). The van der Waals surface area contributed by atoms with Crippen LogP contribution in [0.15, 0.2) is 0 Å². The molecule has 0 saturated carbocycles. The summed E-state index contributed by atoms with van der Waals surface area (Å²) in [5.74, 6) is -0.158. The number of hydrogen-bond donors (Lipinski definition) is 3. The molecule has 16 heavy (non-hydrogen) atoms. The fourth-order valence-electron chi connectivity index (χ4n) is 1.04. The smallest absolute Gasteiger partial charge is 0.326 e. The highest BCUT2D eigenvalue weighted by Gasteiger charge is 2.17. The SMILES string of the molecule is CCC(O)CSCCC(NC(C)=O)C(=O)O. The molecule has 2 atom stereocenters. The van der Waals surface area contributed by atoms with Crippen molar-refractivity contribution in [3.8, 4) is 0 Å². The Labute approximate surface area is 99.6 Å². The molecule has 0 aromatic heterocycles. The Kier molecular flexibility index (Phi) is 8.01. The third kappa shape index (κ3) is 7.53. The van der Waals surface area contributed by atoms with Gasteiger partial charge in [0.05, 0.1) is 6.10 Å². The Morgan fingerprint density at radius 1 is 1.44 bits per heavy atom. The number of carbonyl (C=O) groups is 2. The molecular formula is C10H19NO4S. The van der Waals surface area contributed by atoms with Crippen LogP contribution in [0.1, 0.15) is 26.7 Å². The highest BCUT2D eigenvalue weighted by molar-refractivity contribution is 7.99. The maximum absolute atomic E-state index is 10.7. The first kappa shape index (κ1) is 15.2. The molecule has 0 aliphatic rings. The van der Waals surface area contributed by atoms with Crippen molar-refractivity contribution in [2.45, 2.75) is 38.8 Å². The molecule has 0 aromatic rings. The zero-order valence-corrected chi connectivity index (χ0v) is 10.4. The number of aliphatic hydroxyl groups is 1. The maximum Gasteiger partial charge on any atom is 0.326 e. The van der Waals surface area contributed by atoms with Crippen LogP contribution < -0.4 is 5.32 Å². The van der Waals surface area contributed by atoms with Gasteiger partial charge in [0.2, 0.25) is 5.91 Å². The van der Waals surface area contributed by atoms with Crippen molar-refractivity contribution in [2.75, 3.05) is 11.5 Å². The Morgan fingerprint density at radius 2 is 2.06 bits per heavy atom. The third-order valence-corrected chi connectivity index (χ3v) is 3.15. The Bertz CT molecular complexity index is 235. The van der Waals surface area contributed by atoms with Crippen molar-refractivity contribution < 1.29 is 19.8 Å². The Balaban J connectivity index is 3.77. The van der Waals surface area contributed by atoms with E-state index in [2.05, 4.69) is 5.32 Å². The van der Waals surface area contributed by atoms with Gasteiger partial charge in [-0.3, -0.25) is 4.79 Å². The normalized spacial score (nSPS) is 14.2. The molecule has 2 unspecified atom stereocenters. The maximum atomic E-state index is 10.7. The molecule has 6 heteroatoms. The van der Waals surface area contributed by atoms with Crippen LogP contribution in [0.5, 0.6) is 0 Å². The van der Waals surface area contributed by atoms with Crippen LogP contribution in [-0.4, -0.2) is 45.7 Å². The number of rotatable bonds is 8. The van der Waals surface area contributed by atoms with E-state index in [0.717, 1.165) is 0 Å². The highest BCUT2D eigenvalue weighted by atomic mass is 32.2. The van der Waals surface area contributed by atoms with Crippen LogP contribution in [0.25, 0.3) is 0 Å². The lowest BCUT2D eigenvalue weighted by Crippen LogP contribution is -2.39. The van der Waals surface area contributed by atoms with Crippen molar-refractivity contribution in [2.24, 2.45) is 0 Å². The quantitative estimate of drug-likeness (QED) is 0.544. The second-order valence-corrected chi connectivity index (χ2v) is 4.67. The number of aliphatic carboxylic acids is 1. The lowest BCUT2D eigenvalue weighted by molar-refractivity contribution is -0.141. The monoisotopic (exact) mass is 249 g/mol. The number of carboxylic acids is 1. The summed E-state index contributed by atoms with van der Waals surface area (Å²) < 4.78 is 0. The number of amides is 1. The fourth-order valence-corrected chi connectivity index (χ4v) is 2.12. The largest absolute Gasteiger partial charge is 0.480 e. The first-order valence-electron chi connectivity index (χ1n) is 5.23. The fraction of sp³-hybridized carbons (Fsp3) is 0.800. The average Bonchev–Trinajstić information content (AvgIpc) is 2.21. The van der Waals surface area contributed by atoms with Crippen molar-refractivity contribution in [3.63, 3.8) is 0 Å². The van der Waals surface area contributed by atoms with Gasteiger partial charge in [-0.05, 0) is 18.6 Å². The summed E-state index contributed by atoms with van der Waals surface area (Å²) in [6.07, 6.45) is 0.728. The second kappa shape index (κ2) is 8.41. The molecule has 0 rings (SSSR count). The van der Waals surface area contributed by atoms with Gasteiger partial charge in [-0.25, -0.2) is 4.79 Å². The number of hydrogen-bond acceptors (Lipinski definition) is 4. The van der Waals surface area contributed by atoms with Gasteiger partial charge in [0.25, 0.3) is 0 Å². The summed E-state index contributed by atoms with van der Waals surface area (Å²) in [5.41, 5.74) is 0. The first-order valence-corrected chi connectivity index (χ1v) is 6.38. The van der Waals surface area contributed by atoms with Gasteiger partial charge in [-0.2, -0.15) is 11.8 Å². The zero-order chi connectivity index (χ0) is 12.6. The van der Waals surface area contributed by atoms with Crippen molar-refractivity contribution in [3.05, 3.63) is 0 Å². The molecule has 0 aromatic carbocycles. The highest BCUT2D eigenvalue weighted by Crippen LogP contribution is 2.08. The molecule has 3 N–H and O–H groups in total. The number of aliphatic hydroxyl groups excluding tert-OH is 1. The van der Waals surface area contributed by atoms with Crippen LogP contribution in [0.3, 0.4) is 0 Å². The number of carbonyl (C=O) groups excluding carboxylic acids is 1. The predicted octanol–water partition coefficient (Wildman–Crippen LogP) is 0.470.